The van der Waals surface area contributed by atoms with Crippen LogP contribution in [0, 0.1) is 6.92 Å². The van der Waals surface area contributed by atoms with E-state index >= 15 is 0 Å². The van der Waals surface area contributed by atoms with Gasteiger partial charge in [-0.15, -0.1) is 0 Å². The molecule has 5 rings (SSSR count). The summed E-state index contributed by atoms with van der Waals surface area (Å²) in [6.45, 7) is 6.79. The van der Waals surface area contributed by atoms with Gasteiger partial charge in [-0.05, 0) is 43.9 Å². The molecule has 3 aliphatic rings. The quantitative estimate of drug-likeness (QED) is 0.592. The maximum absolute atomic E-state index is 5.93. The maximum Gasteiger partial charge on any atom is 0.231 e. The zero-order valence-corrected chi connectivity index (χ0v) is 19.2. The van der Waals surface area contributed by atoms with Crippen LogP contribution in [0.2, 0.25) is 0 Å². The number of nitrogens with zero attached hydrogens (tertiary/aromatic N) is 3. The minimum Gasteiger partial charge on any atom is -0.456 e. The molecule has 0 bridgehead atoms. The van der Waals surface area contributed by atoms with Gasteiger partial charge in [0.1, 0.15) is 12.0 Å². The van der Waals surface area contributed by atoms with E-state index in [4.69, 9.17) is 14.0 Å². The Morgan fingerprint density at radius 3 is 2.55 bits per heavy atom. The van der Waals surface area contributed by atoms with E-state index in [1.807, 2.05) is 6.92 Å². The third kappa shape index (κ3) is 5.22. The van der Waals surface area contributed by atoms with E-state index < -0.39 is 0 Å². The van der Waals surface area contributed by atoms with Gasteiger partial charge < -0.3 is 18.9 Å². The van der Waals surface area contributed by atoms with Crippen LogP contribution in [0.25, 0.3) is 0 Å². The Balaban J connectivity index is 1.13. The smallest absolute Gasteiger partial charge is 0.231 e. The van der Waals surface area contributed by atoms with Crippen LogP contribution in [0.4, 0.5) is 0 Å². The first-order chi connectivity index (χ1) is 16.3. The van der Waals surface area contributed by atoms with E-state index in [0.717, 1.165) is 75.1 Å². The zero-order chi connectivity index (χ0) is 22.5. The summed E-state index contributed by atoms with van der Waals surface area (Å²) in [4.78, 5) is 4.78. The van der Waals surface area contributed by atoms with Crippen molar-refractivity contribution >= 4 is 0 Å². The normalized spacial score (nSPS) is 19.8. The van der Waals surface area contributed by atoms with Gasteiger partial charge in [-0.2, -0.15) is 0 Å². The molecular formula is C27H31N3O3. The predicted octanol–water partition coefficient (Wildman–Crippen LogP) is 5.09. The molecule has 172 valence electrons. The monoisotopic (exact) mass is 445 g/mol. The van der Waals surface area contributed by atoms with Gasteiger partial charge in [0.15, 0.2) is 12.0 Å². The Labute approximate surface area is 195 Å². The number of hydrogen-bond donors (Lipinski definition) is 0. The Bertz CT molecular complexity index is 1060. The number of benzene rings is 1. The van der Waals surface area contributed by atoms with Crippen molar-refractivity contribution in [1.29, 1.82) is 0 Å². The molecule has 1 fully saturated rings. The first-order valence-electron chi connectivity index (χ1n) is 11.8. The third-order valence-electron chi connectivity index (χ3n) is 6.53. The Kier molecular flexibility index (Phi) is 6.63. The summed E-state index contributed by atoms with van der Waals surface area (Å²) in [5, 5.41) is 4.32. The fourth-order valence-corrected chi connectivity index (χ4v) is 4.62. The van der Waals surface area contributed by atoms with Crippen LogP contribution >= 0.6 is 0 Å². The van der Waals surface area contributed by atoms with Crippen LogP contribution in [0.15, 0.2) is 88.9 Å². The van der Waals surface area contributed by atoms with Gasteiger partial charge in [0.2, 0.25) is 5.88 Å². The van der Waals surface area contributed by atoms with Gasteiger partial charge in [0, 0.05) is 38.2 Å². The number of rotatable bonds is 7. The summed E-state index contributed by atoms with van der Waals surface area (Å²) in [6.07, 6.45) is 12.9. The molecule has 2 aromatic rings. The molecule has 0 amide bonds. The second-order valence-corrected chi connectivity index (χ2v) is 8.78. The molecular weight excluding hydrogens is 414 g/mol. The number of aromatic nitrogens is 1. The van der Waals surface area contributed by atoms with Crippen LogP contribution in [-0.4, -0.2) is 47.7 Å². The topological polar surface area (TPSA) is 51.0 Å². The highest BCUT2D eigenvalue weighted by Crippen LogP contribution is 2.29. The van der Waals surface area contributed by atoms with Crippen LogP contribution in [-0.2, 0) is 9.47 Å². The number of piperazine rings is 1. The molecule has 0 radical (unpaired) electrons. The summed E-state index contributed by atoms with van der Waals surface area (Å²) in [7, 11) is 0. The maximum atomic E-state index is 5.93. The highest BCUT2D eigenvalue weighted by atomic mass is 16.6. The van der Waals surface area contributed by atoms with E-state index in [1.165, 1.54) is 11.1 Å². The van der Waals surface area contributed by atoms with E-state index in [0.29, 0.717) is 0 Å². The van der Waals surface area contributed by atoms with Crippen molar-refractivity contribution in [2.24, 2.45) is 0 Å². The van der Waals surface area contributed by atoms with Crippen LogP contribution < -0.4 is 0 Å². The van der Waals surface area contributed by atoms with E-state index in [2.05, 4.69) is 69.6 Å². The highest BCUT2D eigenvalue weighted by Gasteiger charge is 2.24. The first-order valence-corrected chi connectivity index (χ1v) is 11.8. The Hall–Kier alpha value is -3.25. The standard InChI is InChI=1S/C27H31N3O3/c1-21-18-25(28-33-21)24(22-8-4-2-5-9-22)12-13-29-14-16-30(17-15-29)27-20-31-26(19-32-27)23-10-6-3-7-11-23/h2-6,8-10,18-20,24H,7,11-17H2,1H3. The summed E-state index contributed by atoms with van der Waals surface area (Å²) in [5.74, 6) is 2.71. The van der Waals surface area contributed by atoms with Crippen molar-refractivity contribution in [2.75, 3.05) is 32.7 Å². The molecule has 1 atom stereocenters. The minimum absolute atomic E-state index is 0.243. The van der Waals surface area contributed by atoms with E-state index in [1.54, 1.807) is 12.5 Å². The largest absolute Gasteiger partial charge is 0.456 e. The van der Waals surface area contributed by atoms with Gasteiger partial charge in [0.25, 0.3) is 0 Å². The fraction of sp³-hybridized carbons (Fsp3) is 0.370. The molecule has 1 aliphatic carbocycles. The van der Waals surface area contributed by atoms with Crippen LogP contribution in [0.5, 0.6) is 0 Å². The van der Waals surface area contributed by atoms with Crippen LogP contribution in [0.3, 0.4) is 0 Å². The van der Waals surface area contributed by atoms with Gasteiger partial charge in [-0.3, -0.25) is 4.90 Å². The van der Waals surface area contributed by atoms with Crippen molar-refractivity contribution < 1.29 is 14.0 Å². The van der Waals surface area contributed by atoms with Gasteiger partial charge in [-0.25, -0.2) is 0 Å². The Morgan fingerprint density at radius 1 is 1.03 bits per heavy atom. The fourth-order valence-electron chi connectivity index (χ4n) is 4.62. The molecule has 6 heteroatoms. The van der Waals surface area contributed by atoms with E-state index in [-0.39, 0.29) is 5.92 Å². The average molecular weight is 446 g/mol. The van der Waals surface area contributed by atoms with Crippen molar-refractivity contribution in [3.8, 4) is 0 Å². The predicted molar refractivity (Wildman–Crippen MR) is 127 cm³/mol. The molecule has 0 saturated carbocycles. The summed E-state index contributed by atoms with van der Waals surface area (Å²) in [6, 6.07) is 12.7. The second-order valence-electron chi connectivity index (χ2n) is 8.78. The lowest BCUT2D eigenvalue weighted by Crippen LogP contribution is -2.46. The number of ether oxygens (including phenoxy) is 2. The number of aryl methyl sites for hydroxylation is 1. The molecule has 1 saturated heterocycles. The zero-order valence-electron chi connectivity index (χ0n) is 19.2. The molecule has 3 heterocycles. The number of hydrogen-bond acceptors (Lipinski definition) is 6. The molecule has 33 heavy (non-hydrogen) atoms. The molecule has 1 aromatic heterocycles. The Morgan fingerprint density at radius 2 is 1.88 bits per heavy atom. The highest BCUT2D eigenvalue weighted by molar-refractivity contribution is 5.33. The lowest BCUT2D eigenvalue weighted by atomic mass is 9.92. The van der Waals surface area contributed by atoms with Gasteiger partial charge in [0.05, 0.1) is 5.69 Å². The SMILES string of the molecule is Cc1cc(C(CCN2CCN(C3=COC(C4=CC=CCC4)=CO3)CC2)c2ccccc2)no1. The average Bonchev–Trinajstić information content (AvgIpc) is 3.32. The first kappa shape index (κ1) is 21.6. The summed E-state index contributed by atoms with van der Waals surface area (Å²) < 4.78 is 17.2. The molecule has 0 N–H and O–H groups in total. The van der Waals surface area contributed by atoms with Crippen molar-refractivity contribution in [2.45, 2.75) is 32.1 Å². The summed E-state index contributed by atoms with van der Waals surface area (Å²) >= 11 is 0. The molecule has 0 spiro atoms. The van der Waals surface area contributed by atoms with E-state index in [9.17, 15) is 0 Å². The van der Waals surface area contributed by atoms with Crippen molar-refractivity contribution in [1.82, 2.24) is 15.0 Å². The van der Waals surface area contributed by atoms with Gasteiger partial charge in [-0.1, -0.05) is 53.7 Å². The lowest BCUT2D eigenvalue weighted by Gasteiger charge is -2.37. The lowest BCUT2D eigenvalue weighted by molar-refractivity contribution is 0.0837. The van der Waals surface area contributed by atoms with Crippen molar-refractivity contribution in [3.63, 3.8) is 0 Å². The second kappa shape index (κ2) is 10.1. The molecule has 6 nitrogen and oxygen atoms in total. The molecule has 1 unspecified atom stereocenters. The van der Waals surface area contributed by atoms with Gasteiger partial charge >= 0.3 is 0 Å². The number of allylic oxidation sites excluding steroid dienone is 4. The minimum atomic E-state index is 0.243. The molecule has 2 aliphatic heterocycles. The molecule has 1 aromatic carbocycles. The van der Waals surface area contributed by atoms with Crippen LogP contribution in [0.1, 0.15) is 42.2 Å². The third-order valence-corrected chi connectivity index (χ3v) is 6.53. The van der Waals surface area contributed by atoms with Crippen molar-refractivity contribution in [3.05, 3.63) is 101 Å². The summed E-state index contributed by atoms with van der Waals surface area (Å²) in [5.41, 5.74) is 3.49.